The normalized spacial score (nSPS) is 19.0. The third-order valence-corrected chi connectivity index (χ3v) is 4.39. The molecule has 0 aromatic heterocycles. The molecule has 1 fully saturated rings. The minimum absolute atomic E-state index is 0.00225. The Hall–Kier alpha value is -1.55. The van der Waals surface area contributed by atoms with Crippen molar-refractivity contribution in [2.45, 2.75) is 52.1 Å². The van der Waals surface area contributed by atoms with Crippen LogP contribution in [0.15, 0.2) is 24.3 Å². The fourth-order valence-corrected chi connectivity index (χ4v) is 3.26. The van der Waals surface area contributed by atoms with Crippen molar-refractivity contribution in [1.29, 1.82) is 0 Å². The van der Waals surface area contributed by atoms with Crippen molar-refractivity contribution < 1.29 is 9.59 Å². The number of carbonyl (C=O) groups is 2. The molecule has 0 spiro atoms. The summed E-state index contributed by atoms with van der Waals surface area (Å²) >= 11 is 5.99. The van der Waals surface area contributed by atoms with Crippen molar-refractivity contribution in [2.24, 2.45) is 5.92 Å². The van der Waals surface area contributed by atoms with Crippen LogP contribution in [0.3, 0.4) is 0 Å². The van der Waals surface area contributed by atoms with Crippen LogP contribution in [0.2, 0.25) is 5.02 Å². The lowest BCUT2D eigenvalue weighted by molar-refractivity contribution is -0.141. The second-order valence-electron chi connectivity index (χ2n) is 6.59. The minimum atomic E-state index is -0.327. The van der Waals surface area contributed by atoms with E-state index in [1.54, 1.807) is 4.90 Å². The molecule has 1 aliphatic rings. The van der Waals surface area contributed by atoms with E-state index in [0.29, 0.717) is 11.6 Å². The summed E-state index contributed by atoms with van der Waals surface area (Å²) in [5.74, 6) is -0.0662. The lowest BCUT2D eigenvalue weighted by atomic mass is 10.1. The van der Waals surface area contributed by atoms with Gasteiger partial charge in [-0.3, -0.25) is 9.59 Å². The molecule has 0 aliphatic carbocycles. The first kappa shape index (κ1) is 17.8. The quantitative estimate of drug-likeness (QED) is 0.898. The van der Waals surface area contributed by atoms with Gasteiger partial charge in [0.25, 0.3) is 0 Å². The van der Waals surface area contributed by atoms with Crippen LogP contribution in [-0.4, -0.2) is 35.3 Å². The topological polar surface area (TPSA) is 49.4 Å². The highest BCUT2D eigenvalue weighted by molar-refractivity contribution is 6.30. The van der Waals surface area contributed by atoms with E-state index in [2.05, 4.69) is 5.32 Å². The monoisotopic (exact) mass is 336 g/mol. The Morgan fingerprint density at radius 1 is 1.35 bits per heavy atom. The number of rotatable bonds is 5. The maximum absolute atomic E-state index is 12.5. The Balaban J connectivity index is 1.94. The zero-order valence-electron chi connectivity index (χ0n) is 14.0. The zero-order valence-corrected chi connectivity index (χ0v) is 14.8. The van der Waals surface area contributed by atoms with Crippen molar-refractivity contribution in [3.05, 3.63) is 34.9 Å². The average Bonchev–Trinajstić information content (AvgIpc) is 2.95. The standard InChI is InChI=1S/C18H25ClN2O2/c1-12(2)18(23)21-9-5-8-16(21)17(22)20-13(3)10-14-6-4-7-15(19)11-14/h4,6-7,11-13,16H,5,8-10H2,1-3H3,(H,20,22)/t13-,16-/m0/s1. The number of carbonyl (C=O) groups excluding carboxylic acids is 2. The lowest BCUT2D eigenvalue weighted by Gasteiger charge is -2.27. The number of hydrogen-bond acceptors (Lipinski definition) is 2. The third kappa shape index (κ3) is 4.71. The number of nitrogens with zero attached hydrogens (tertiary/aromatic N) is 1. The van der Waals surface area contributed by atoms with E-state index in [4.69, 9.17) is 11.6 Å². The molecule has 1 aromatic rings. The second-order valence-corrected chi connectivity index (χ2v) is 7.02. The molecule has 1 aromatic carbocycles. The van der Waals surface area contributed by atoms with Crippen molar-refractivity contribution >= 4 is 23.4 Å². The predicted octanol–water partition coefficient (Wildman–Crippen LogP) is 3.03. The van der Waals surface area contributed by atoms with Gasteiger partial charge in [0, 0.05) is 23.5 Å². The largest absolute Gasteiger partial charge is 0.352 e. The van der Waals surface area contributed by atoms with Crippen LogP contribution in [0.5, 0.6) is 0 Å². The number of nitrogens with one attached hydrogen (secondary N) is 1. The molecule has 1 heterocycles. The highest BCUT2D eigenvalue weighted by Gasteiger charge is 2.35. The number of benzene rings is 1. The van der Waals surface area contributed by atoms with Crippen LogP contribution in [0.4, 0.5) is 0 Å². The fraction of sp³-hybridized carbons (Fsp3) is 0.556. The first-order valence-electron chi connectivity index (χ1n) is 8.23. The maximum Gasteiger partial charge on any atom is 0.243 e. The Morgan fingerprint density at radius 3 is 2.74 bits per heavy atom. The molecule has 0 radical (unpaired) electrons. The molecular weight excluding hydrogens is 312 g/mol. The van der Waals surface area contributed by atoms with Crippen LogP contribution in [-0.2, 0) is 16.0 Å². The Labute approximate surface area is 143 Å². The average molecular weight is 337 g/mol. The summed E-state index contributed by atoms with van der Waals surface area (Å²) in [7, 11) is 0. The smallest absolute Gasteiger partial charge is 0.243 e. The predicted molar refractivity (Wildman–Crippen MR) is 92.3 cm³/mol. The second kappa shape index (κ2) is 7.82. The Kier molecular flexibility index (Phi) is 6.05. The summed E-state index contributed by atoms with van der Waals surface area (Å²) in [5.41, 5.74) is 1.09. The molecule has 126 valence electrons. The van der Waals surface area contributed by atoms with Crippen molar-refractivity contribution in [3.8, 4) is 0 Å². The Bertz CT molecular complexity index is 574. The fourth-order valence-electron chi connectivity index (χ4n) is 3.04. The van der Waals surface area contributed by atoms with E-state index in [-0.39, 0.29) is 29.8 Å². The zero-order chi connectivity index (χ0) is 17.0. The van der Waals surface area contributed by atoms with Crippen LogP contribution in [0.25, 0.3) is 0 Å². The van der Waals surface area contributed by atoms with Crippen molar-refractivity contribution in [3.63, 3.8) is 0 Å². The number of hydrogen-bond donors (Lipinski definition) is 1. The van der Waals surface area contributed by atoms with Gasteiger partial charge in [0.2, 0.25) is 11.8 Å². The molecule has 2 amide bonds. The molecule has 2 atom stereocenters. The molecule has 1 N–H and O–H groups in total. The minimum Gasteiger partial charge on any atom is -0.352 e. The Morgan fingerprint density at radius 2 is 2.09 bits per heavy atom. The van der Waals surface area contributed by atoms with Gasteiger partial charge in [0.15, 0.2) is 0 Å². The first-order chi connectivity index (χ1) is 10.9. The van der Waals surface area contributed by atoms with E-state index in [0.717, 1.165) is 24.8 Å². The highest BCUT2D eigenvalue weighted by atomic mass is 35.5. The lowest BCUT2D eigenvalue weighted by Crippen LogP contribution is -2.49. The molecule has 4 nitrogen and oxygen atoms in total. The van der Waals surface area contributed by atoms with E-state index >= 15 is 0 Å². The summed E-state index contributed by atoms with van der Waals surface area (Å²) in [6.45, 7) is 6.40. The van der Waals surface area contributed by atoms with Gasteiger partial charge in [-0.25, -0.2) is 0 Å². The van der Waals surface area contributed by atoms with Gasteiger partial charge in [-0.2, -0.15) is 0 Å². The van der Waals surface area contributed by atoms with E-state index < -0.39 is 0 Å². The number of amides is 2. The molecule has 1 aliphatic heterocycles. The summed E-state index contributed by atoms with van der Waals surface area (Å²) in [4.78, 5) is 26.5. The van der Waals surface area contributed by atoms with E-state index in [9.17, 15) is 9.59 Å². The first-order valence-corrected chi connectivity index (χ1v) is 8.61. The molecule has 0 bridgehead atoms. The van der Waals surface area contributed by atoms with Crippen LogP contribution in [0.1, 0.15) is 39.2 Å². The number of likely N-dealkylation sites (tertiary alicyclic amines) is 1. The highest BCUT2D eigenvalue weighted by Crippen LogP contribution is 2.20. The van der Waals surface area contributed by atoms with Gasteiger partial charge in [0.05, 0.1) is 0 Å². The summed E-state index contributed by atoms with van der Waals surface area (Å²) in [6, 6.07) is 7.32. The molecule has 2 rings (SSSR count). The molecule has 5 heteroatoms. The summed E-state index contributed by atoms with van der Waals surface area (Å²) in [6.07, 6.45) is 2.35. The van der Waals surface area contributed by atoms with Gasteiger partial charge < -0.3 is 10.2 Å². The van der Waals surface area contributed by atoms with E-state index in [1.807, 2.05) is 45.0 Å². The SMILES string of the molecule is CC(C)C(=O)N1CCC[C@H]1C(=O)N[C@@H](C)Cc1cccc(Cl)c1. The van der Waals surface area contributed by atoms with Crippen LogP contribution in [0, 0.1) is 5.92 Å². The van der Waals surface area contributed by atoms with Gasteiger partial charge in [0.1, 0.15) is 6.04 Å². The summed E-state index contributed by atoms with van der Waals surface area (Å²) in [5, 5.41) is 3.74. The maximum atomic E-state index is 12.5. The van der Waals surface area contributed by atoms with Crippen LogP contribution >= 0.6 is 11.6 Å². The third-order valence-electron chi connectivity index (χ3n) is 4.15. The van der Waals surface area contributed by atoms with Gasteiger partial charge in [-0.15, -0.1) is 0 Å². The molecular formula is C18H25ClN2O2. The van der Waals surface area contributed by atoms with Crippen molar-refractivity contribution in [2.75, 3.05) is 6.54 Å². The molecule has 0 unspecified atom stereocenters. The van der Waals surface area contributed by atoms with E-state index in [1.165, 1.54) is 0 Å². The number of halogens is 1. The molecule has 1 saturated heterocycles. The molecule has 23 heavy (non-hydrogen) atoms. The van der Waals surface area contributed by atoms with Gasteiger partial charge in [-0.1, -0.05) is 37.6 Å². The van der Waals surface area contributed by atoms with Crippen molar-refractivity contribution in [1.82, 2.24) is 10.2 Å². The van der Waals surface area contributed by atoms with Crippen LogP contribution < -0.4 is 5.32 Å². The van der Waals surface area contributed by atoms with Gasteiger partial charge >= 0.3 is 0 Å². The summed E-state index contributed by atoms with van der Waals surface area (Å²) < 4.78 is 0. The molecule has 0 saturated carbocycles. The van der Waals surface area contributed by atoms with Gasteiger partial charge in [-0.05, 0) is 43.9 Å².